The van der Waals surface area contributed by atoms with Gasteiger partial charge in [0, 0.05) is 36.0 Å². The zero-order valence-electron chi connectivity index (χ0n) is 14.8. The van der Waals surface area contributed by atoms with Crippen molar-refractivity contribution in [2.45, 2.75) is 6.92 Å². The SMILES string of the molecule is COc1ncccc1-c1ccc(O)c(-c2cc(C)c3cn(C)nc3n2)c1. The summed E-state index contributed by atoms with van der Waals surface area (Å²) < 4.78 is 7.09. The summed E-state index contributed by atoms with van der Waals surface area (Å²) in [6.07, 6.45) is 3.63. The van der Waals surface area contributed by atoms with Gasteiger partial charge in [0.2, 0.25) is 5.88 Å². The molecule has 0 saturated carbocycles. The number of nitrogens with zero attached hydrogens (tertiary/aromatic N) is 4. The topological polar surface area (TPSA) is 73.1 Å². The second-order valence-electron chi connectivity index (χ2n) is 6.16. The number of pyridine rings is 2. The van der Waals surface area contributed by atoms with Crippen LogP contribution in [0.4, 0.5) is 0 Å². The van der Waals surface area contributed by atoms with Gasteiger partial charge in [0.1, 0.15) is 5.75 Å². The first-order valence-electron chi connectivity index (χ1n) is 8.20. The number of aromatic hydroxyl groups is 1. The molecule has 1 aromatic carbocycles. The Morgan fingerprint density at radius 2 is 1.96 bits per heavy atom. The molecule has 0 bridgehead atoms. The molecule has 0 amide bonds. The highest BCUT2D eigenvalue weighted by atomic mass is 16.5. The van der Waals surface area contributed by atoms with Crippen molar-refractivity contribution < 1.29 is 9.84 Å². The third-order valence-electron chi connectivity index (χ3n) is 4.36. The molecule has 0 aliphatic heterocycles. The Bertz CT molecular complexity index is 1120. The number of hydrogen-bond donors (Lipinski definition) is 1. The van der Waals surface area contributed by atoms with Gasteiger partial charge in [-0.3, -0.25) is 4.68 Å². The molecular formula is C20H18N4O2. The summed E-state index contributed by atoms with van der Waals surface area (Å²) >= 11 is 0. The van der Waals surface area contributed by atoms with Crippen LogP contribution in [0.2, 0.25) is 0 Å². The van der Waals surface area contributed by atoms with Crippen molar-refractivity contribution in [1.82, 2.24) is 19.7 Å². The molecule has 0 radical (unpaired) electrons. The van der Waals surface area contributed by atoms with E-state index < -0.39 is 0 Å². The quantitative estimate of drug-likeness (QED) is 0.612. The molecule has 0 atom stereocenters. The maximum Gasteiger partial charge on any atom is 0.221 e. The van der Waals surface area contributed by atoms with Crippen molar-refractivity contribution in [3.8, 4) is 34.0 Å². The molecule has 6 nitrogen and oxygen atoms in total. The van der Waals surface area contributed by atoms with Crippen LogP contribution < -0.4 is 4.74 Å². The number of benzene rings is 1. The number of methoxy groups -OCH3 is 1. The Kier molecular flexibility index (Phi) is 3.80. The van der Waals surface area contributed by atoms with Gasteiger partial charge in [-0.05, 0) is 48.4 Å². The minimum absolute atomic E-state index is 0.166. The Morgan fingerprint density at radius 1 is 1.12 bits per heavy atom. The molecule has 3 aromatic heterocycles. The van der Waals surface area contributed by atoms with Crippen LogP contribution in [0.3, 0.4) is 0 Å². The van der Waals surface area contributed by atoms with Crippen LogP contribution in [0.5, 0.6) is 11.6 Å². The van der Waals surface area contributed by atoms with Gasteiger partial charge in [0.05, 0.1) is 12.8 Å². The molecule has 0 spiro atoms. The van der Waals surface area contributed by atoms with E-state index in [-0.39, 0.29) is 5.75 Å². The van der Waals surface area contributed by atoms with Gasteiger partial charge in [-0.2, -0.15) is 5.10 Å². The van der Waals surface area contributed by atoms with Gasteiger partial charge in [-0.15, -0.1) is 0 Å². The number of aromatic nitrogens is 4. The summed E-state index contributed by atoms with van der Waals surface area (Å²) in [6, 6.07) is 11.1. The van der Waals surface area contributed by atoms with Crippen LogP contribution >= 0.6 is 0 Å². The first kappa shape index (κ1) is 16.1. The normalized spacial score (nSPS) is 11.0. The van der Waals surface area contributed by atoms with Crippen molar-refractivity contribution in [3.05, 3.63) is 54.4 Å². The minimum Gasteiger partial charge on any atom is -0.507 e. The molecule has 3 heterocycles. The molecule has 1 N–H and O–H groups in total. The Hall–Kier alpha value is -3.41. The fourth-order valence-electron chi connectivity index (χ4n) is 3.09. The lowest BCUT2D eigenvalue weighted by molar-refractivity contribution is 0.399. The average Bonchev–Trinajstić information content (AvgIpc) is 3.03. The summed E-state index contributed by atoms with van der Waals surface area (Å²) in [5.74, 6) is 0.701. The third kappa shape index (κ3) is 2.65. The molecule has 130 valence electrons. The zero-order chi connectivity index (χ0) is 18.3. The van der Waals surface area contributed by atoms with Gasteiger partial charge in [0.25, 0.3) is 0 Å². The molecular weight excluding hydrogens is 328 g/mol. The van der Waals surface area contributed by atoms with E-state index in [1.165, 1.54) is 0 Å². The summed E-state index contributed by atoms with van der Waals surface area (Å²) in [5.41, 5.74) is 4.78. The second kappa shape index (κ2) is 6.15. The lowest BCUT2D eigenvalue weighted by atomic mass is 10.0. The van der Waals surface area contributed by atoms with Crippen molar-refractivity contribution in [3.63, 3.8) is 0 Å². The summed E-state index contributed by atoms with van der Waals surface area (Å²) in [7, 11) is 3.46. The Morgan fingerprint density at radius 3 is 2.77 bits per heavy atom. The van der Waals surface area contributed by atoms with Crippen LogP contribution in [-0.4, -0.2) is 32.0 Å². The number of phenolic OH excluding ortho intramolecular Hbond substituents is 1. The van der Waals surface area contributed by atoms with Gasteiger partial charge < -0.3 is 9.84 Å². The third-order valence-corrected chi connectivity index (χ3v) is 4.36. The lowest BCUT2D eigenvalue weighted by Gasteiger charge is -2.11. The molecule has 26 heavy (non-hydrogen) atoms. The lowest BCUT2D eigenvalue weighted by Crippen LogP contribution is -1.93. The van der Waals surface area contributed by atoms with Crippen LogP contribution in [0, 0.1) is 6.92 Å². The largest absolute Gasteiger partial charge is 0.507 e. The predicted octanol–water partition coefficient (Wildman–Crippen LogP) is 3.72. The van der Waals surface area contributed by atoms with Crippen LogP contribution in [0.1, 0.15) is 5.56 Å². The van der Waals surface area contributed by atoms with Crippen molar-refractivity contribution in [1.29, 1.82) is 0 Å². The predicted molar refractivity (Wildman–Crippen MR) is 100 cm³/mol. The van der Waals surface area contributed by atoms with E-state index in [4.69, 9.17) is 4.74 Å². The van der Waals surface area contributed by atoms with E-state index in [0.717, 1.165) is 22.1 Å². The smallest absolute Gasteiger partial charge is 0.221 e. The van der Waals surface area contributed by atoms with Crippen LogP contribution in [-0.2, 0) is 7.05 Å². The van der Waals surface area contributed by atoms with E-state index in [0.29, 0.717) is 22.8 Å². The fraction of sp³-hybridized carbons (Fsp3) is 0.150. The molecule has 6 heteroatoms. The van der Waals surface area contributed by atoms with Gasteiger partial charge in [0.15, 0.2) is 5.65 Å². The molecule has 0 aliphatic rings. The summed E-state index contributed by atoms with van der Waals surface area (Å²) in [6.45, 7) is 2.01. The highest BCUT2D eigenvalue weighted by Gasteiger charge is 2.14. The van der Waals surface area contributed by atoms with E-state index in [1.54, 1.807) is 24.1 Å². The minimum atomic E-state index is 0.166. The highest BCUT2D eigenvalue weighted by Crippen LogP contribution is 2.36. The molecule has 4 aromatic rings. The first-order valence-corrected chi connectivity index (χ1v) is 8.20. The molecule has 0 unspecified atom stereocenters. The Balaban J connectivity index is 1.90. The highest BCUT2D eigenvalue weighted by molar-refractivity contribution is 5.84. The number of fused-ring (bicyclic) bond motifs is 1. The number of hydrogen-bond acceptors (Lipinski definition) is 5. The number of rotatable bonds is 3. The molecule has 0 saturated heterocycles. The van der Waals surface area contributed by atoms with Crippen molar-refractivity contribution in [2.75, 3.05) is 7.11 Å². The van der Waals surface area contributed by atoms with Crippen molar-refractivity contribution >= 4 is 11.0 Å². The van der Waals surface area contributed by atoms with Gasteiger partial charge in [-0.25, -0.2) is 9.97 Å². The van der Waals surface area contributed by atoms with Crippen molar-refractivity contribution in [2.24, 2.45) is 7.05 Å². The zero-order valence-corrected chi connectivity index (χ0v) is 14.8. The number of ether oxygens (including phenoxy) is 1. The van der Waals surface area contributed by atoms with E-state index in [9.17, 15) is 5.11 Å². The average molecular weight is 346 g/mol. The van der Waals surface area contributed by atoms with Crippen LogP contribution in [0.25, 0.3) is 33.4 Å². The number of aryl methyl sites for hydroxylation is 2. The first-order chi connectivity index (χ1) is 12.6. The fourth-order valence-corrected chi connectivity index (χ4v) is 3.09. The monoisotopic (exact) mass is 346 g/mol. The maximum absolute atomic E-state index is 10.4. The molecule has 0 fully saturated rings. The van der Waals surface area contributed by atoms with E-state index >= 15 is 0 Å². The molecule has 4 rings (SSSR count). The van der Waals surface area contributed by atoms with Crippen LogP contribution in [0.15, 0.2) is 48.8 Å². The van der Waals surface area contributed by atoms with E-state index in [2.05, 4.69) is 15.1 Å². The van der Waals surface area contributed by atoms with Gasteiger partial charge in [-0.1, -0.05) is 6.07 Å². The summed E-state index contributed by atoms with van der Waals surface area (Å²) in [4.78, 5) is 8.87. The summed E-state index contributed by atoms with van der Waals surface area (Å²) in [5, 5.41) is 15.8. The molecule has 0 aliphatic carbocycles. The maximum atomic E-state index is 10.4. The van der Waals surface area contributed by atoms with Gasteiger partial charge >= 0.3 is 0 Å². The Labute approximate surface area is 150 Å². The number of phenols is 1. The second-order valence-corrected chi connectivity index (χ2v) is 6.16. The standard InChI is InChI=1S/C20H18N4O2/c1-12-9-17(22-19-16(12)11-24(2)23-19)15-10-13(6-7-18(15)25)14-5-4-8-21-20(14)26-3/h4-11,25H,1-3H3. The van der Waals surface area contributed by atoms with E-state index in [1.807, 2.05) is 50.5 Å².